The van der Waals surface area contributed by atoms with E-state index in [9.17, 15) is 4.79 Å². The van der Waals surface area contributed by atoms with E-state index in [2.05, 4.69) is 39.6 Å². The highest BCUT2D eigenvalue weighted by Gasteiger charge is 2.11. The molecule has 4 nitrogen and oxygen atoms in total. The highest BCUT2D eigenvalue weighted by molar-refractivity contribution is 5.83. The Morgan fingerprint density at radius 3 is 2.91 bits per heavy atom. The van der Waals surface area contributed by atoms with Crippen molar-refractivity contribution in [1.82, 2.24) is 15.2 Å². The first-order chi connectivity index (χ1) is 10.8. The van der Waals surface area contributed by atoms with Gasteiger partial charge >= 0.3 is 0 Å². The molecule has 3 rings (SSSR count). The van der Waals surface area contributed by atoms with Gasteiger partial charge in [-0.2, -0.15) is 0 Å². The third kappa shape index (κ3) is 3.89. The number of aromatic amines is 1. The highest BCUT2D eigenvalue weighted by Crippen LogP contribution is 2.19. The molecule has 0 radical (unpaired) electrons. The second kappa shape index (κ2) is 7.45. The molecule has 1 aliphatic heterocycles. The molecule has 0 spiro atoms. The van der Waals surface area contributed by atoms with Crippen LogP contribution in [-0.2, 0) is 11.2 Å². The summed E-state index contributed by atoms with van der Waals surface area (Å²) in [5.74, 6) is 0.180. The zero-order valence-electron chi connectivity index (χ0n) is 13.1. The summed E-state index contributed by atoms with van der Waals surface area (Å²) < 4.78 is 0. The molecule has 118 valence electrons. The molecule has 0 bridgehead atoms. The number of rotatable bonds is 7. The van der Waals surface area contributed by atoms with E-state index in [1.54, 1.807) is 0 Å². The van der Waals surface area contributed by atoms with Crippen molar-refractivity contribution in [3.8, 4) is 0 Å². The van der Waals surface area contributed by atoms with Gasteiger partial charge in [-0.15, -0.1) is 0 Å². The maximum Gasteiger partial charge on any atom is 0.220 e. The average molecular weight is 299 g/mol. The van der Waals surface area contributed by atoms with Crippen molar-refractivity contribution in [2.75, 3.05) is 26.2 Å². The minimum Gasteiger partial charge on any atom is -0.361 e. The first kappa shape index (κ1) is 15.1. The van der Waals surface area contributed by atoms with Crippen molar-refractivity contribution in [2.45, 2.75) is 32.1 Å². The normalized spacial score (nSPS) is 15.5. The molecule has 2 aromatic rings. The Bertz CT molecular complexity index is 614. The number of aromatic nitrogens is 1. The van der Waals surface area contributed by atoms with E-state index in [0.29, 0.717) is 6.42 Å². The summed E-state index contributed by atoms with van der Waals surface area (Å²) in [6.07, 6.45) is 7.13. The van der Waals surface area contributed by atoms with Crippen molar-refractivity contribution < 1.29 is 4.79 Å². The van der Waals surface area contributed by atoms with Gasteiger partial charge in [-0.25, -0.2) is 0 Å². The number of nitrogens with zero attached hydrogens (tertiary/aromatic N) is 1. The average Bonchev–Trinajstić information content (AvgIpc) is 3.17. The van der Waals surface area contributed by atoms with E-state index in [0.717, 1.165) is 25.9 Å². The topological polar surface area (TPSA) is 48.1 Å². The van der Waals surface area contributed by atoms with Gasteiger partial charge in [0.15, 0.2) is 0 Å². The van der Waals surface area contributed by atoms with Gasteiger partial charge in [-0.3, -0.25) is 4.79 Å². The van der Waals surface area contributed by atoms with Crippen molar-refractivity contribution in [3.05, 3.63) is 36.0 Å². The molecule has 0 aliphatic carbocycles. The zero-order chi connectivity index (χ0) is 15.2. The number of fused-ring (bicyclic) bond motifs is 1. The molecule has 1 aliphatic rings. The molecular weight excluding hydrogens is 274 g/mol. The van der Waals surface area contributed by atoms with E-state index in [-0.39, 0.29) is 5.91 Å². The number of amides is 1. The van der Waals surface area contributed by atoms with Gasteiger partial charge in [0.1, 0.15) is 0 Å². The summed E-state index contributed by atoms with van der Waals surface area (Å²) in [7, 11) is 0. The maximum atomic E-state index is 11.9. The molecule has 0 unspecified atom stereocenters. The predicted octanol–water partition coefficient (Wildman–Crippen LogP) is 2.70. The highest BCUT2D eigenvalue weighted by atomic mass is 16.1. The molecule has 1 aromatic carbocycles. The fourth-order valence-corrected chi connectivity index (χ4v) is 3.23. The van der Waals surface area contributed by atoms with Crippen molar-refractivity contribution in [3.63, 3.8) is 0 Å². The number of nitrogens with one attached hydrogen (secondary N) is 2. The molecule has 4 heteroatoms. The molecule has 1 amide bonds. The lowest BCUT2D eigenvalue weighted by Crippen LogP contribution is -2.33. The van der Waals surface area contributed by atoms with Crippen LogP contribution in [0, 0.1) is 0 Å². The van der Waals surface area contributed by atoms with Crippen LogP contribution in [0.5, 0.6) is 0 Å². The van der Waals surface area contributed by atoms with Crippen LogP contribution in [-0.4, -0.2) is 42.0 Å². The molecule has 0 atom stereocenters. The monoisotopic (exact) mass is 299 g/mol. The Balaban J connectivity index is 1.36. The fraction of sp³-hybridized carbons (Fsp3) is 0.500. The number of hydrogen-bond acceptors (Lipinski definition) is 2. The SMILES string of the molecule is O=C(CCCc1c[nH]c2ccccc12)NCCN1CCCC1. The Kier molecular flexibility index (Phi) is 5.11. The molecule has 2 heterocycles. The Morgan fingerprint density at radius 2 is 2.05 bits per heavy atom. The zero-order valence-corrected chi connectivity index (χ0v) is 13.1. The first-order valence-corrected chi connectivity index (χ1v) is 8.37. The minimum absolute atomic E-state index is 0.180. The minimum atomic E-state index is 0.180. The lowest BCUT2D eigenvalue weighted by Gasteiger charge is -2.14. The second-order valence-electron chi connectivity index (χ2n) is 6.11. The van der Waals surface area contributed by atoms with Crippen LogP contribution in [0.25, 0.3) is 10.9 Å². The van der Waals surface area contributed by atoms with Crippen LogP contribution < -0.4 is 5.32 Å². The van der Waals surface area contributed by atoms with Crippen LogP contribution in [0.1, 0.15) is 31.2 Å². The summed E-state index contributed by atoms with van der Waals surface area (Å²) in [6, 6.07) is 8.32. The van der Waals surface area contributed by atoms with E-state index in [1.165, 1.54) is 42.4 Å². The second-order valence-corrected chi connectivity index (χ2v) is 6.11. The molecule has 1 aromatic heterocycles. The van der Waals surface area contributed by atoms with Gasteiger partial charge in [0, 0.05) is 36.6 Å². The summed E-state index contributed by atoms with van der Waals surface area (Å²) >= 11 is 0. The Labute approximate surface area is 131 Å². The van der Waals surface area contributed by atoms with Crippen molar-refractivity contribution in [2.24, 2.45) is 0 Å². The van der Waals surface area contributed by atoms with Gasteiger partial charge in [-0.1, -0.05) is 18.2 Å². The number of carbonyl (C=O) groups is 1. The predicted molar refractivity (Wildman–Crippen MR) is 89.9 cm³/mol. The standard InChI is InChI=1S/C18H25N3O/c22-18(19-10-13-21-11-3-4-12-21)9-5-6-15-14-20-17-8-2-1-7-16(15)17/h1-2,7-8,14,20H,3-6,9-13H2,(H,19,22). The van der Waals surface area contributed by atoms with Gasteiger partial charge in [0.2, 0.25) is 5.91 Å². The lowest BCUT2D eigenvalue weighted by molar-refractivity contribution is -0.121. The van der Waals surface area contributed by atoms with E-state index in [4.69, 9.17) is 0 Å². The van der Waals surface area contributed by atoms with Crippen LogP contribution in [0.2, 0.25) is 0 Å². The molecule has 0 saturated carbocycles. The van der Waals surface area contributed by atoms with Crippen molar-refractivity contribution >= 4 is 16.8 Å². The molecule has 2 N–H and O–H groups in total. The molecule has 22 heavy (non-hydrogen) atoms. The molecule has 1 fully saturated rings. The smallest absolute Gasteiger partial charge is 0.220 e. The van der Waals surface area contributed by atoms with Gasteiger partial charge in [-0.05, 0) is 50.4 Å². The molecule has 1 saturated heterocycles. The number of H-pyrrole nitrogens is 1. The largest absolute Gasteiger partial charge is 0.361 e. The van der Waals surface area contributed by atoms with Crippen LogP contribution in [0.3, 0.4) is 0 Å². The van der Waals surface area contributed by atoms with Crippen molar-refractivity contribution in [1.29, 1.82) is 0 Å². The summed E-state index contributed by atoms with van der Waals surface area (Å²) in [5.41, 5.74) is 2.48. The third-order valence-electron chi connectivity index (χ3n) is 4.47. The van der Waals surface area contributed by atoms with Gasteiger partial charge < -0.3 is 15.2 Å². The number of aryl methyl sites for hydroxylation is 1. The third-order valence-corrected chi connectivity index (χ3v) is 4.47. The fourth-order valence-electron chi connectivity index (χ4n) is 3.23. The summed E-state index contributed by atoms with van der Waals surface area (Å²) in [4.78, 5) is 17.6. The van der Waals surface area contributed by atoms with Gasteiger partial charge in [0.25, 0.3) is 0 Å². The van der Waals surface area contributed by atoms with Crippen LogP contribution >= 0.6 is 0 Å². The number of likely N-dealkylation sites (tertiary alicyclic amines) is 1. The lowest BCUT2D eigenvalue weighted by atomic mass is 10.1. The van der Waals surface area contributed by atoms with E-state index >= 15 is 0 Å². The number of carbonyl (C=O) groups excluding carboxylic acids is 1. The summed E-state index contributed by atoms with van der Waals surface area (Å²) in [5, 5.41) is 4.31. The van der Waals surface area contributed by atoms with Gasteiger partial charge in [0.05, 0.1) is 0 Å². The van der Waals surface area contributed by atoms with Crippen LogP contribution in [0.15, 0.2) is 30.5 Å². The Morgan fingerprint density at radius 1 is 1.23 bits per heavy atom. The Hall–Kier alpha value is -1.81. The molecular formula is C18H25N3O. The number of hydrogen-bond donors (Lipinski definition) is 2. The van der Waals surface area contributed by atoms with Crippen LogP contribution in [0.4, 0.5) is 0 Å². The summed E-state index contributed by atoms with van der Waals surface area (Å²) in [6.45, 7) is 4.16. The number of para-hydroxylation sites is 1. The quantitative estimate of drug-likeness (QED) is 0.826. The van der Waals surface area contributed by atoms with E-state index in [1.807, 2.05) is 6.07 Å². The van der Waals surface area contributed by atoms with E-state index < -0.39 is 0 Å². The first-order valence-electron chi connectivity index (χ1n) is 8.37. The maximum absolute atomic E-state index is 11.9. The number of benzene rings is 1.